The van der Waals surface area contributed by atoms with Gasteiger partial charge < -0.3 is 4.57 Å². The second-order valence-corrected chi connectivity index (χ2v) is 6.62. The van der Waals surface area contributed by atoms with Crippen LogP contribution in [0.15, 0.2) is 70.1 Å². The molecule has 0 radical (unpaired) electrons. The van der Waals surface area contributed by atoms with E-state index in [9.17, 15) is 4.79 Å². The highest BCUT2D eigenvalue weighted by Crippen LogP contribution is 2.23. The van der Waals surface area contributed by atoms with E-state index in [-0.39, 0.29) is 5.43 Å². The van der Waals surface area contributed by atoms with E-state index >= 15 is 0 Å². The van der Waals surface area contributed by atoms with Crippen LogP contribution in [0, 0.1) is 0 Å². The van der Waals surface area contributed by atoms with E-state index in [1.54, 1.807) is 0 Å². The molecule has 0 aliphatic rings. The largest absolute Gasteiger partial charge is 0.347 e. The number of para-hydroxylation sites is 1. The van der Waals surface area contributed by atoms with E-state index < -0.39 is 0 Å². The van der Waals surface area contributed by atoms with Gasteiger partial charge >= 0.3 is 0 Å². The van der Waals surface area contributed by atoms with E-state index in [1.807, 2.05) is 60.8 Å². The molecule has 0 aliphatic heterocycles. The van der Waals surface area contributed by atoms with Crippen LogP contribution in [0.25, 0.3) is 33.1 Å². The van der Waals surface area contributed by atoms with Crippen LogP contribution in [-0.2, 0) is 6.54 Å². The molecule has 4 heteroatoms. The van der Waals surface area contributed by atoms with Crippen molar-refractivity contribution in [1.82, 2.24) is 9.55 Å². The fourth-order valence-electron chi connectivity index (χ4n) is 3.03. The maximum atomic E-state index is 13.0. The van der Waals surface area contributed by atoms with Crippen molar-refractivity contribution in [1.29, 1.82) is 0 Å². The highest BCUT2D eigenvalue weighted by atomic mass is 79.9. The molecule has 24 heavy (non-hydrogen) atoms. The molecule has 0 fully saturated rings. The Kier molecular flexibility index (Phi) is 3.69. The van der Waals surface area contributed by atoms with Crippen molar-refractivity contribution in [3.63, 3.8) is 0 Å². The number of rotatable bonds is 2. The normalized spacial score (nSPS) is 11.2. The Balaban J connectivity index is 2.04. The molecule has 2 aromatic carbocycles. The van der Waals surface area contributed by atoms with Crippen molar-refractivity contribution in [3.05, 3.63) is 75.5 Å². The number of nitrogens with zero attached hydrogens (tertiary/aromatic N) is 2. The van der Waals surface area contributed by atoms with Crippen LogP contribution in [-0.4, -0.2) is 9.55 Å². The molecular weight excluding hydrogens is 364 g/mol. The number of hydrogen-bond donors (Lipinski definition) is 0. The van der Waals surface area contributed by atoms with E-state index in [2.05, 4.69) is 32.4 Å². The molecule has 0 aliphatic carbocycles. The molecule has 0 unspecified atom stereocenters. The lowest BCUT2D eigenvalue weighted by Crippen LogP contribution is -2.12. The van der Waals surface area contributed by atoms with Crippen LogP contribution >= 0.6 is 15.9 Å². The number of fused-ring (bicyclic) bond motifs is 2. The molecule has 4 rings (SSSR count). The van der Waals surface area contributed by atoms with Crippen LogP contribution in [0.5, 0.6) is 0 Å². The Bertz CT molecular complexity index is 1130. The van der Waals surface area contributed by atoms with Gasteiger partial charge in [0.15, 0.2) is 5.43 Å². The highest BCUT2D eigenvalue weighted by Gasteiger charge is 2.12. The molecule has 2 heterocycles. The van der Waals surface area contributed by atoms with E-state index in [0.29, 0.717) is 16.6 Å². The molecule has 0 spiro atoms. The van der Waals surface area contributed by atoms with Crippen LogP contribution < -0.4 is 5.43 Å². The van der Waals surface area contributed by atoms with Crippen molar-refractivity contribution in [2.45, 2.75) is 13.5 Å². The summed E-state index contributed by atoms with van der Waals surface area (Å²) >= 11 is 3.46. The first-order chi connectivity index (χ1) is 11.7. The Morgan fingerprint density at radius 3 is 2.75 bits per heavy atom. The van der Waals surface area contributed by atoms with Crippen molar-refractivity contribution in [2.75, 3.05) is 0 Å². The average Bonchev–Trinajstić information content (AvgIpc) is 2.62. The molecule has 4 aromatic rings. The van der Waals surface area contributed by atoms with Crippen molar-refractivity contribution in [3.8, 4) is 11.3 Å². The van der Waals surface area contributed by atoms with E-state index in [0.717, 1.165) is 27.4 Å². The summed E-state index contributed by atoms with van der Waals surface area (Å²) < 4.78 is 2.99. The molecule has 0 bridgehead atoms. The first-order valence-electron chi connectivity index (χ1n) is 7.86. The summed E-state index contributed by atoms with van der Waals surface area (Å²) in [6, 6.07) is 17.7. The van der Waals surface area contributed by atoms with Gasteiger partial charge in [0.2, 0.25) is 0 Å². The van der Waals surface area contributed by atoms with Gasteiger partial charge in [0.1, 0.15) is 0 Å². The quantitative estimate of drug-likeness (QED) is 0.491. The lowest BCUT2D eigenvalue weighted by Gasteiger charge is -2.12. The molecule has 0 saturated carbocycles. The smallest absolute Gasteiger partial charge is 0.198 e. The zero-order valence-electron chi connectivity index (χ0n) is 13.2. The topological polar surface area (TPSA) is 34.9 Å². The molecule has 0 N–H and O–H groups in total. The van der Waals surface area contributed by atoms with Crippen LogP contribution in [0.3, 0.4) is 0 Å². The summed E-state index contributed by atoms with van der Waals surface area (Å²) in [7, 11) is 0. The number of pyridine rings is 2. The zero-order valence-corrected chi connectivity index (χ0v) is 14.7. The minimum absolute atomic E-state index is 0.0128. The minimum Gasteiger partial charge on any atom is -0.347 e. The molecule has 2 aromatic heterocycles. The molecule has 0 atom stereocenters. The summed E-state index contributed by atoms with van der Waals surface area (Å²) in [6.07, 6.45) is 1.91. The summed E-state index contributed by atoms with van der Waals surface area (Å²) in [5, 5.41) is 1.78. The molecular formula is C20H15BrN2O. The van der Waals surface area contributed by atoms with Crippen LogP contribution in [0.2, 0.25) is 0 Å². The Hall–Kier alpha value is -2.46. The second-order valence-electron chi connectivity index (χ2n) is 5.71. The van der Waals surface area contributed by atoms with Gasteiger partial charge in [-0.15, -0.1) is 0 Å². The zero-order chi connectivity index (χ0) is 16.7. The van der Waals surface area contributed by atoms with E-state index in [4.69, 9.17) is 0 Å². The maximum absolute atomic E-state index is 13.0. The fraction of sp³-hybridized carbons (Fsp3) is 0.100. The summed E-state index contributed by atoms with van der Waals surface area (Å²) in [4.78, 5) is 17.7. The number of halogens is 1. The Morgan fingerprint density at radius 2 is 1.92 bits per heavy atom. The number of hydrogen-bond acceptors (Lipinski definition) is 2. The predicted octanol–water partition coefficient (Wildman–Crippen LogP) is 5.00. The molecule has 118 valence electrons. The van der Waals surface area contributed by atoms with Gasteiger partial charge in [-0.2, -0.15) is 0 Å². The third-order valence-electron chi connectivity index (χ3n) is 4.26. The van der Waals surface area contributed by atoms with Gasteiger partial charge in [0, 0.05) is 28.0 Å². The van der Waals surface area contributed by atoms with Crippen LogP contribution in [0.4, 0.5) is 0 Å². The first-order valence-corrected chi connectivity index (χ1v) is 8.65. The third kappa shape index (κ3) is 2.43. The van der Waals surface area contributed by atoms with Crippen molar-refractivity contribution < 1.29 is 0 Å². The SMILES string of the molecule is CCn1cc(-c2ccc3ccccc3n2)c(=O)c2cc(Br)ccc21. The Labute approximate surface area is 147 Å². The number of aromatic nitrogens is 2. The highest BCUT2D eigenvalue weighted by molar-refractivity contribution is 9.10. The minimum atomic E-state index is 0.0128. The number of aryl methyl sites for hydroxylation is 1. The summed E-state index contributed by atoms with van der Waals surface area (Å²) in [5.74, 6) is 0. The van der Waals surface area contributed by atoms with Gasteiger partial charge in [-0.1, -0.05) is 40.2 Å². The average molecular weight is 379 g/mol. The van der Waals surface area contributed by atoms with Crippen molar-refractivity contribution in [2.24, 2.45) is 0 Å². The summed E-state index contributed by atoms with van der Waals surface area (Å²) in [6.45, 7) is 2.86. The standard InChI is InChI=1S/C20H15BrN2O/c1-2-23-12-16(20(24)15-11-14(21)8-10-19(15)23)18-9-7-13-5-3-4-6-17(13)22-18/h3-12H,2H2,1H3. The van der Waals surface area contributed by atoms with Gasteiger partial charge in [-0.3, -0.25) is 4.79 Å². The first kappa shape index (κ1) is 15.1. The molecule has 0 saturated heterocycles. The lowest BCUT2D eigenvalue weighted by molar-refractivity contribution is 0.789. The monoisotopic (exact) mass is 378 g/mol. The van der Waals surface area contributed by atoms with Gasteiger partial charge in [0.25, 0.3) is 0 Å². The van der Waals surface area contributed by atoms with Gasteiger partial charge in [0.05, 0.1) is 22.3 Å². The summed E-state index contributed by atoms with van der Waals surface area (Å²) in [5.41, 5.74) is 3.19. The van der Waals surface area contributed by atoms with Crippen LogP contribution in [0.1, 0.15) is 6.92 Å². The predicted molar refractivity (Wildman–Crippen MR) is 102 cm³/mol. The molecule has 0 amide bonds. The Morgan fingerprint density at radius 1 is 1.08 bits per heavy atom. The maximum Gasteiger partial charge on any atom is 0.198 e. The van der Waals surface area contributed by atoms with Crippen molar-refractivity contribution >= 4 is 37.7 Å². The lowest BCUT2D eigenvalue weighted by atomic mass is 10.1. The second kappa shape index (κ2) is 5.87. The number of benzene rings is 2. The van der Waals surface area contributed by atoms with E-state index in [1.165, 1.54) is 0 Å². The fourth-order valence-corrected chi connectivity index (χ4v) is 3.39. The molecule has 3 nitrogen and oxygen atoms in total. The third-order valence-corrected chi connectivity index (χ3v) is 4.75. The van der Waals surface area contributed by atoms with Gasteiger partial charge in [-0.05, 0) is 37.3 Å². The van der Waals surface area contributed by atoms with Gasteiger partial charge in [-0.25, -0.2) is 4.98 Å².